The van der Waals surface area contributed by atoms with Gasteiger partial charge in [-0.05, 0) is 41.0 Å². The van der Waals surface area contributed by atoms with Crippen LogP contribution in [0.1, 0.15) is 39.9 Å². The number of carbonyl (C=O) groups is 4. The van der Waals surface area contributed by atoms with E-state index in [2.05, 4.69) is 10.6 Å². The molecule has 3 aliphatic rings. The second-order valence-electron chi connectivity index (χ2n) is 11.3. The van der Waals surface area contributed by atoms with E-state index < -0.39 is 30.1 Å². The van der Waals surface area contributed by atoms with Crippen molar-refractivity contribution in [3.63, 3.8) is 0 Å². The van der Waals surface area contributed by atoms with Gasteiger partial charge in [0.2, 0.25) is 17.7 Å². The van der Waals surface area contributed by atoms with Gasteiger partial charge in [0, 0.05) is 64.5 Å². The molecule has 1 spiro atoms. The van der Waals surface area contributed by atoms with Crippen LogP contribution in [0.3, 0.4) is 0 Å². The minimum Gasteiger partial charge on any atom is -0.456 e. The fourth-order valence-corrected chi connectivity index (χ4v) is 5.60. The summed E-state index contributed by atoms with van der Waals surface area (Å²) in [5.74, 6) is -2.32. The number of aliphatic hydroxyl groups excluding tert-OH is 1. The molecule has 1 saturated heterocycles. The normalized spacial score (nSPS) is 21.3. The fourth-order valence-electron chi connectivity index (χ4n) is 5.60. The van der Waals surface area contributed by atoms with Crippen molar-refractivity contribution in [2.75, 3.05) is 33.8 Å². The third-order valence-corrected chi connectivity index (χ3v) is 7.84. The Balaban J connectivity index is 1.29. The molecule has 0 radical (unpaired) electrons. The maximum atomic E-state index is 13.3. The van der Waals surface area contributed by atoms with Gasteiger partial charge in [0.25, 0.3) is 0 Å². The highest BCUT2D eigenvalue weighted by Gasteiger charge is 2.55. The van der Waals surface area contributed by atoms with Gasteiger partial charge in [-0.3, -0.25) is 14.4 Å². The Labute approximate surface area is 255 Å². The molecule has 1 heterocycles. The van der Waals surface area contributed by atoms with Crippen molar-refractivity contribution in [2.45, 2.75) is 49.8 Å². The molecule has 3 amide bonds. The molecule has 0 aromatic heterocycles. The topological polar surface area (TPSA) is 144 Å². The summed E-state index contributed by atoms with van der Waals surface area (Å²) in [5.41, 5.74) is 3.69. The number of amides is 3. The van der Waals surface area contributed by atoms with E-state index in [4.69, 9.17) is 19.3 Å². The molecule has 1 aliphatic heterocycles. The molecular weight excluding hydrogens is 566 g/mol. The van der Waals surface area contributed by atoms with Gasteiger partial charge in [-0.15, -0.1) is 0 Å². The zero-order valence-corrected chi connectivity index (χ0v) is 24.8. The summed E-state index contributed by atoms with van der Waals surface area (Å²) in [5, 5.41) is 14.2. The summed E-state index contributed by atoms with van der Waals surface area (Å²) in [6.07, 6.45) is 4.05. The lowest BCUT2D eigenvalue weighted by Crippen LogP contribution is -2.44. The summed E-state index contributed by atoms with van der Waals surface area (Å²) < 4.78 is 19.0. The Hall–Kier alpha value is -4.32. The molecule has 0 bridgehead atoms. The zero-order chi connectivity index (χ0) is 31.3. The van der Waals surface area contributed by atoms with Gasteiger partial charge >= 0.3 is 5.97 Å². The first-order valence-corrected chi connectivity index (χ1v) is 14.7. The smallest absolute Gasteiger partial charge is 0.338 e. The Morgan fingerprint density at radius 1 is 1.00 bits per heavy atom. The molecule has 232 valence electrons. The largest absolute Gasteiger partial charge is 0.456 e. The monoisotopic (exact) mass is 603 g/mol. The molecular formula is C33H37N3O8. The molecule has 3 atom stereocenters. The number of rotatable bonds is 10. The number of nitrogens with one attached hydrogen (secondary N) is 2. The van der Waals surface area contributed by atoms with E-state index in [9.17, 15) is 19.2 Å². The first-order valence-electron chi connectivity index (χ1n) is 14.7. The summed E-state index contributed by atoms with van der Waals surface area (Å²) in [7, 11) is 3.33. The molecule has 2 aliphatic carbocycles. The van der Waals surface area contributed by atoms with Crippen LogP contribution in [0.25, 0.3) is 6.08 Å². The van der Waals surface area contributed by atoms with Crippen LogP contribution in [0.2, 0.25) is 0 Å². The number of nitrogens with zero attached hydrogens (tertiary/aromatic N) is 1. The number of aliphatic hydroxyl groups is 1. The van der Waals surface area contributed by atoms with Crippen molar-refractivity contribution < 1.29 is 38.5 Å². The number of esters is 1. The van der Waals surface area contributed by atoms with E-state index in [0.717, 1.165) is 16.7 Å². The molecule has 2 aromatic carbocycles. The Bertz CT molecular complexity index is 1440. The van der Waals surface area contributed by atoms with E-state index in [1.54, 1.807) is 50.5 Å². The lowest BCUT2D eigenvalue weighted by atomic mass is 9.91. The van der Waals surface area contributed by atoms with Gasteiger partial charge in [0.15, 0.2) is 5.79 Å². The summed E-state index contributed by atoms with van der Waals surface area (Å²) in [6, 6.07) is 14.7. The zero-order valence-electron chi connectivity index (χ0n) is 24.8. The van der Waals surface area contributed by atoms with Gasteiger partial charge in [0.1, 0.15) is 18.3 Å². The van der Waals surface area contributed by atoms with Crippen LogP contribution in [-0.4, -0.2) is 91.6 Å². The Kier molecular flexibility index (Phi) is 9.58. The lowest BCUT2D eigenvalue weighted by Gasteiger charge is -2.30. The van der Waals surface area contributed by atoms with Crippen LogP contribution < -0.4 is 10.6 Å². The number of benzene rings is 2. The van der Waals surface area contributed by atoms with Crippen LogP contribution in [0.4, 0.5) is 0 Å². The van der Waals surface area contributed by atoms with Crippen molar-refractivity contribution in [1.82, 2.24) is 15.5 Å². The Morgan fingerprint density at radius 2 is 1.70 bits per heavy atom. The number of hydrogen-bond acceptors (Lipinski definition) is 8. The molecule has 5 rings (SSSR count). The van der Waals surface area contributed by atoms with Gasteiger partial charge < -0.3 is 34.9 Å². The molecule has 2 aromatic rings. The highest BCUT2D eigenvalue weighted by atomic mass is 16.8. The van der Waals surface area contributed by atoms with Crippen molar-refractivity contribution in [3.8, 4) is 0 Å². The number of carbonyl (C=O) groups excluding carboxylic acids is 4. The maximum Gasteiger partial charge on any atom is 0.338 e. The number of hydrogen-bond donors (Lipinski definition) is 3. The van der Waals surface area contributed by atoms with Crippen LogP contribution in [0.15, 0.2) is 66.3 Å². The third kappa shape index (κ3) is 7.24. The van der Waals surface area contributed by atoms with Gasteiger partial charge in [0.05, 0.1) is 12.2 Å². The van der Waals surface area contributed by atoms with Crippen LogP contribution in [0.5, 0.6) is 0 Å². The van der Waals surface area contributed by atoms with Crippen molar-refractivity contribution in [2.24, 2.45) is 0 Å². The van der Waals surface area contributed by atoms with Crippen molar-refractivity contribution in [1.29, 1.82) is 0 Å². The average molecular weight is 604 g/mol. The molecule has 3 unspecified atom stereocenters. The fraction of sp³-hybridized carbons (Fsp3) is 0.394. The molecule has 3 N–H and O–H groups in total. The molecule has 1 fully saturated rings. The molecule has 11 nitrogen and oxygen atoms in total. The number of likely N-dealkylation sites (N-methyl/N-ethyl adjacent to an activating group) is 1. The molecule has 0 saturated carbocycles. The predicted molar refractivity (Wildman–Crippen MR) is 160 cm³/mol. The van der Waals surface area contributed by atoms with E-state index in [1.165, 1.54) is 11.0 Å². The predicted octanol–water partition coefficient (Wildman–Crippen LogP) is 1.54. The summed E-state index contributed by atoms with van der Waals surface area (Å²) in [6.45, 7) is 0.0807. The first kappa shape index (κ1) is 31.1. The highest BCUT2D eigenvalue weighted by molar-refractivity contribution is 5.95. The molecule has 44 heavy (non-hydrogen) atoms. The maximum absolute atomic E-state index is 13.3. The van der Waals surface area contributed by atoms with Crippen LogP contribution in [0, 0.1) is 0 Å². The first-order chi connectivity index (χ1) is 21.2. The van der Waals surface area contributed by atoms with E-state index in [-0.39, 0.29) is 50.3 Å². The van der Waals surface area contributed by atoms with E-state index >= 15 is 0 Å². The minimum absolute atomic E-state index is 0.0545. The van der Waals surface area contributed by atoms with E-state index in [0.29, 0.717) is 24.0 Å². The van der Waals surface area contributed by atoms with Crippen LogP contribution in [-0.2, 0) is 41.4 Å². The molecule has 11 heteroatoms. The van der Waals surface area contributed by atoms with E-state index in [1.807, 2.05) is 24.3 Å². The van der Waals surface area contributed by atoms with Gasteiger partial charge in [-0.2, -0.15) is 0 Å². The minimum atomic E-state index is -0.922. The van der Waals surface area contributed by atoms with Gasteiger partial charge in [-0.1, -0.05) is 36.4 Å². The van der Waals surface area contributed by atoms with Crippen molar-refractivity contribution in [3.05, 3.63) is 88.5 Å². The summed E-state index contributed by atoms with van der Waals surface area (Å²) in [4.78, 5) is 51.6. The summed E-state index contributed by atoms with van der Waals surface area (Å²) >= 11 is 0. The lowest BCUT2D eigenvalue weighted by molar-refractivity contribution is -0.172. The average Bonchev–Trinajstić information content (AvgIpc) is 3.56. The SMILES string of the molecule is CN(C)C(=O)C=Cc1ccc(C(=O)OC2CC(C(=O)NCCC(=O)NCCO)=CC3OC4(Cc5ccccc5C4)OC32)cc1. The highest BCUT2D eigenvalue weighted by Crippen LogP contribution is 2.45. The number of fused-ring (bicyclic) bond motifs is 2. The third-order valence-electron chi connectivity index (χ3n) is 7.84. The second-order valence-corrected chi connectivity index (χ2v) is 11.3. The second kappa shape index (κ2) is 13.5. The standard InChI is InChI=1S/C33H37N3O8/c1-36(2)29(39)12-9-21-7-10-22(11-8-21)32(41)42-26-17-25(31(40)35-14-13-28(38)34-15-16-37)18-27-30(26)44-33(43-27)19-23-5-3-4-6-24(23)20-33/h3-12,18,26-27,30,37H,13-17,19-20H2,1-2H3,(H,34,38)(H,35,40). The van der Waals surface area contributed by atoms with Gasteiger partial charge in [-0.25, -0.2) is 4.79 Å². The van der Waals surface area contributed by atoms with Crippen LogP contribution >= 0.6 is 0 Å². The van der Waals surface area contributed by atoms with Crippen molar-refractivity contribution >= 4 is 29.8 Å². The Morgan fingerprint density at radius 3 is 2.36 bits per heavy atom. The quantitative estimate of drug-likeness (QED) is 0.274. The number of ether oxygens (including phenoxy) is 3.